The van der Waals surface area contributed by atoms with Gasteiger partial charge in [-0.05, 0) is 43.3 Å². The first-order valence-corrected chi connectivity index (χ1v) is 9.45. The van der Waals surface area contributed by atoms with Crippen molar-refractivity contribution in [1.82, 2.24) is 4.31 Å². The average Bonchev–Trinajstić information content (AvgIpc) is 2.62. The van der Waals surface area contributed by atoms with Gasteiger partial charge in [0, 0.05) is 18.3 Å². The van der Waals surface area contributed by atoms with Crippen molar-refractivity contribution in [2.45, 2.75) is 18.4 Å². The van der Waals surface area contributed by atoms with Crippen LogP contribution in [0.2, 0.25) is 0 Å². The number of ketones is 1. The normalized spacial score (nSPS) is 11.5. The maximum absolute atomic E-state index is 12.5. The highest BCUT2D eigenvalue weighted by atomic mass is 32.2. The van der Waals surface area contributed by atoms with Crippen LogP contribution in [0.4, 0.5) is 14.5 Å². The first-order chi connectivity index (χ1) is 13.1. The molecule has 0 saturated carbocycles. The molecule has 28 heavy (non-hydrogen) atoms. The average molecular weight is 412 g/mol. The van der Waals surface area contributed by atoms with Crippen molar-refractivity contribution in [3.63, 3.8) is 0 Å². The second-order valence-electron chi connectivity index (χ2n) is 5.79. The number of anilines is 1. The maximum atomic E-state index is 12.5. The van der Waals surface area contributed by atoms with E-state index in [9.17, 15) is 26.8 Å². The fourth-order valence-electron chi connectivity index (χ4n) is 2.25. The van der Waals surface area contributed by atoms with Crippen LogP contribution in [-0.2, 0) is 14.8 Å². The van der Waals surface area contributed by atoms with Crippen LogP contribution in [0.1, 0.15) is 17.3 Å². The summed E-state index contributed by atoms with van der Waals surface area (Å²) in [5, 5.41) is 2.47. The molecule has 7 nitrogen and oxygen atoms in total. The van der Waals surface area contributed by atoms with Crippen molar-refractivity contribution < 1.29 is 31.5 Å². The summed E-state index contributed by atoms with van der Waals surface area (Å²) in [5.74, 6) is -0.877. The summed E-state index contributed by atoms with van der Waals surface area (Å²) >= 11 is 0. The number of halogens is 2. The van der Waals surface area contributed by atoms with E-state index in [-0.39, 0.29) is 16.4 Å². The molecule has 0 atom stereocenters. The number of carbonyl (C=O) groups excluding carboxylic acids is 2. The van der Waals surface area contributed by atoms with Crippen LogP contribution in [-0.4, -0.2) is 44.6 Å². The Balaban J connectivity index is 2.01. The molecule has 1 amide bonds. The number of nitrogens with one attached hydrogen (secondary N) is 1. The van der Waals surface area contributed by atoms with Gasteiger partial charge in [-0.1, -0.05) is 12.1 Å². The predicted octanol–water partition coefficient (Wildman–Crippen LogP) is 2.75. The lowest BCUT2D eigenvalue weighted by molar-refractivity contribution is -0.116. The molecule has 0 aliphatic heterocycles. The van der Waals surface area contributed by atoms with E-state index in [0.717, 1.165) is 4.31 Å². The van der Waals surface area contributed by atoms with Gasteiger partial charge in [0.25, 0.3) is 0 Å². The molecule has 0 aliphatic rings. The summed E-state index contributed by atoms with van der Waals surface area (Å²) in [7, 11) is -2.69. The maximum Gasteiger partial charge on any atom is 0.387 e. The van der Waals surface area contributed by atoms with Gasteiger partial charge < -0.3 is 10.1 Å². The molecule has 150 valence electrons. The summed E-state index contributed by atoms with van der Waals surface area (Å²) in [4.78, 5) is 23.3. The van der Waals surface area contributed by atoms with Crippen LogP contribution < -0.4 is 10.1 Å². The summed E-state index contributed by atoms with van der Waals surface area (Å²) in [5.41, 5.74) is 0.668. The van der Waals surface area contributed by atoms with Gasteiger partial charge in [-0.15, -0.1) is 0 Å². The third-order valence-electron chi connectivity index (χ3n) is 3.70. The molecule has 2 aromatic rings. The minimum absolute atomic E-state index is 0.0544. The Morgan fingerprint density at radius 3 is 2.14 bits per heavy atom. The lowest BCUT2D eigenvalue weighted by atomic mass is 10.2. The second-order valence-corrected chi connectivity index (χ2v) is 7.84. The number of nitrogens with zero attached hydrogens (tertiary/aromatic N) is 1. The number of rotatable bonds is 8. The Morgan fingerprint density at radius 1 is 1.07 bits per heavy atom. The summed E-state index contributed by atoms with van der Waals surface area (Å²) in [6.45, 7) is -2.05. The van der Waals surface area contributed by atoms with Gasteiger partial charge in [0.2, 0.25) is 15.9 Å². The molecule has 0 radical (unpaired) electrons. The van der Waals surface area contributed by atoms with Gasteiger partial charge in [0.1, 0.15) is 5.75 Å². The lowest BCUT2D eigenvalue weighted by Crippen LogP contribution is -2.35. The number of hydrogen-bond acceptors (Lipinski definition) is 5. The van der Waals surface area contributed by atoms with Crippen LogP contribution in [0.25, 0.3) is 0 Å². The molecule has 1 N–H and O–H groups in total. The fourth-order valence-corrected chi connectivity index (χ4v) is 3.38. The third kappa shape index (κ3) is 5.57. The Morgan fingerprint density at radius 2 is 1.64 bits per heavy atom. The minimum atomic E-state index is -3.93. The highest BCUT2D eigenvalue weighted by molar-refractivity contribution is 7.89. The molecule has 2 aromatic carbocycles. The molecule has 2 rings (SSSR count). The zero-order chi connectivity index (χ0) is 20.9. The Bertz CT molecular complexity index is 945. The minimum Gasteiger partial charge on any atom is -0.435 e. The highest BCUT2D eigenvalue weighted by Crippen LogP contribution is 2.18. The largest absolute Gasteiger partial charge is 0.435 e. The SMILES string of the molecule is CC(=O)c1ccc(S(=O)(=O)N(C)CC(=O)Nc2ccc(OC(F)F)cc2)cc1. The highest BCUT2D eigenvalue weighted by Gasteiger charge is 2.23. The van der Waals surface area contributed by atoms with E-state index < -0.39 is 29.1 Å². The van der Waals surface area contributed by atoms with Gasteiger partial charge in [-0.2, -0.15) is 13.1 Å². The quantitative estimate of drug-likeness (QED) is 0.673. The van der Waals surface area contributed by atoms with E-state index in [4.69, 9.17) is 0 Å². The van der Waals surface area contributed by atoms with Gasteiger partial charge in [0.15, 0.2) is 5.78 Å². The van der Waals surface area contributed by atoms with Crippen LogP contribution in [0.3, 0.4) is 0 Å². The zero-order valence-electron chi connectivity index (χ0n) is 15.1. The number of sulfonamides is 1. The smallest absolute Gasteiger partial charge is 0.387 e. The number of ether oxygens (including phenoxy) is 1. The number of Topliss-reactive ketones (excluding diaryl/α,β-unsaturated/α-hetero) is 1. The number of carbonyl (C=O) groups is 2. The monoisotopic (exact) mass is 412 g/mol. The molecular formula is C18H18F2N2O5S. The topological polar surface area (TPSA) is 92.8 Å². The van der Waals surface area contributed by atoms with Crippen LogP contribution in [0, 0.1) is 0 Å². The predicted molar refractivity (Wildman–Crippen MR) is 98.0 cm³/mol. The number of amides is 1. The van der Waals surface area contributed by atoms with E-state index in [1.165, 1.54) is 62.5 Å². The van der Waals surface area contributed by atoms with Crippen molar-refractivity contribution in [2.75, 3.05) is 18.9 Å². The Hall–Kier alpha value is -2.85. The van der Waals surface area contributed by atoms with Gasteiger partial charge in [-0.25, -0.2) is 8.42 Å². The van der Waals surface area contributed by atoms with Gasteiger partial charge in [-0.3, -0.25) is 9.59 Å². The van der Waals surface area contributed by atoms with Gasteiger partial charge in [0.05, 0.1) is 11.4 Å². The zero-order valence-corrected chi connectivity index (χ0v) is 15.9. The number of likely N-dealkylation sites (N-methyl/N-ethyl adjacent to an activating group) is 1. The van der Waals surface area contributed by atoms with Crippen molar-refractivity contribution in [3.05, 3.63) is 54.1 Å². The van der Waals surface area contributed by atoms with E-state index in [2.05, 4.69) is 10.1 Å². The first kappa shape index (κ1) is 21.5. The van der Waals surface area contributed by atoms with E-state index >= 15 is 0 Å². The van der Waals surface area contributed by atoms with E-state index in [1.807, 2.05) is 0 Å². The summed E-state index contributed by atoms with van der Waals surface area (Å²) in [6, 6.07) is 10.6. The molecular weight excluding hydrogens is 394 g/mol. The molecule has 0 fully saturated rings. The molecule has 0 aliphatic carbocycles. The summed E-state index contributed by atoms with van der Waals surface area (Å²) < 4.78 is 54.3. The fraction of sp³-hybridized carbons (Fsp3) is 0.222. The number of benzene rings is 2. The molecule has 0 heterocycles. The third-order valence-corrected chi connectivity index (χ3v) is 5.52. The van der Waals surface area contributed by atoms with Crippen LogP contribution >= 0.6 is 0 Å². The van der Waals surface area contributed by atoms with Crippen LogP contribution in [0.15, 0.2) is 53.4 Å². The van der Waals surface area contributed by atoms with Crippen molar-refractivity contribution >= 4 is 27.4 Å². The van der Waals surface area contributed by atoms with Gasteiger partial charge >= 0.3 is 6.61 Å². The standard InChI is InChI=1S/C18H18F2N2O5S/c1-12(23)13-3-9-16(10-4-13)28(25,26)22(2)11-17(24)21-14-5-7-15(8-6-14)27-18(19)20/h3-10,18H,11H2,1-2H3,(H,21,24). The molecule has 0 unspecified atom stereocenters. The van der Waals surface area contributed by atoms with E-state index in [1.54, 1.807) is 0 Å². The number of alkyl halides is 2. The Kier molecular flexibility index (Phi) is 6.81. The molecule has 0 saturated heterocycles. The number of hydrogen-bond donors (Lipinski definition) is 1. The first-order valence-electron chi connectivity index (χ1n) is 8.01. The molecule has 10 heteroatoms. The van der Waals surface area contributed by atoms with E-state index in [0.29, 0.717) is 11.3 Å². The summed E-state index contributed by atoms with van der Waals surface area (Å²) in [6.07, 6.45) is 0. The molecule has 0 bridgehead atoms. The van der Waals surface area contributed by atoms with Crippen molar-refractivity contribution in [3.8, 4) is 5.75 Å². The van der Waals surface area contributed by atoms with Crippen molar-refractivity contribution in [2.24, 2.45) is 0 Å². The second kappa shape index (κ2) is 8.89. The van der Waals surface area contributed by atoms with Crippen LogP contribution in [0.5, 0.6) is 5.75 Å². The Labute approximate surface area is 161 Å². The van der Waals surface area contributed by atoms with Crippen molar-refractivity contribution in [1.29, 1.82) is 0 Å². The molecule has 0 aromatic heterocycles. The lowest BCUT2D eigenvalue weighted by Gasteiger charge is -2.17. The molecule has 0 spiro atoms.